The zero-order valence-corrected chi connectivity index (χ0v) is 10.7. The summed E-state index contributed by atoms with van der Waals surface area (Å²) < 4.78 is 0. The van der Waals surface area contributed by atoms with E-state index in [1.165, 1.54) is 38.5 Å². The van der Waals surface area contributed by atoms with Crippen molar-refractivity contribution in [1.82, 2.24) is 0 Å². The SMILES string of the molecule is NC1CC(CO)(C23CC4CC(CC(C4)C2)C3)C1. The van der Waals surface area contributed by atoms with Crippen molar-refractivity contribution in [2.45, 2.75) is 57.4 Å². The maximum absolute atomic E-state index is 9.96. The van der Waals surface area contributed by atoms with Gasteiger partial charge in [0.25, 0.3) is 0 Å². The van der Waals surface area contributed by atoms with E-state index >= 15 is 0 Å². The predicted octanol–water partition coefficient (Wildman–Crippen LogP) is 2.30. The van der Waals surface area contributed by atoms with Gasteiger partial charge in [0.1, 0.15) is 0 Å². The molecule has 0 aliphatic heterocycles. The highest BCUT2D eigenvalue weighted by atomic mass is 16.3. The molecule has 2 heteroatoms. The van der Waals surface area contributed by atoms with Crippen LogP contribution in [0.2, 0.25) is 0 Å². The van der Waals surface area contributed by atoms with Gasteiger partial charge in [-0.05, 0) is 74.5 Å². The van der Waals surface area contributed by atoms with Crippen molar-refractivity contribution in [3.63, 3.8) is 0 Å². The minimum Gasteiger partial charge on any atom is -0.396 e. The van der Waals surface area contributed by atoms with Crippen LogP contribution in [0, 0.1) is 28.6 Å². The molecular formula is C15H25NO. The fraction of sp³-hybridized carbons (Fsp3) is 1.00. The van der Waals surface area contributed by atoms with E-state index in [0.29, 0.717) is 18.1 Å². The molecule has 0 radical (unpaired) electrons. The lowest BCUT2D eigenvalue weighted by atomic mass is 9.38. The number of aliphatic hydroxyl groups is 1. The van der Waals surface area contributed by atoms with Gasteiger partial charge in [-0.3, -0.25) is 0 Å². The van der Waals surface area contributed by atoms with Crippen LogP contribution in [-0.2, 0) is 0 Å². The summed E-state index contributed by atoms with van der Waals surface area (Å²) in [6.45, 7) is 0.396. The lowest BCUT2D eigenvalue weighted by molar-refractivity contribution is -0.184. The second-order valence-electron chi connectivity index (χ2n) is 7.80. The monoisotopic (exact) mass is 235 g/mol. The number of rotatable bonds is 2. The van der Waals surface area contributed by atoms with E-state index < -0.39 is 0 Å². The molecule has 0 unspecified atom stereocenters. The Labute approximate surface area is 104 Å². The quantitative estimate of drug-likeness (QED) is 0.771. The van der Waals surface area contributed by atoms with Crippen LogP contribution in [0.25, 0.3) is 0 Å². The average Bonchev–Trinajstić information content (AvgIpc) is 2.22. The Bertz CT molecular complexity index is 297. The van der Waals surface area contributed by atoms with Gasteiger partial charge >= 0.3 is 0 Å². The van der Waals surface area contributed by atoms with Gasteiger partial charge in [-0.15, -0.1) is 0 Å². The number of nitrogens with two attached hydrogens (primary N) is 1. The van der Waals surface area contributed by atoms with Crippen molar-refractivity contribution in [3.8, 4) is 0 Å². The first-order valence-electron chi connectivity index (χ1n) is 7.51. The average molecular weight is 235 g/mol. The Balaban J connectivity index is 1.68. The van der Waals surface area contributed by atoms with Gasteiger partial charge in [-0.2, -0.15) is 0 Å². The molecule has 17 heavy (non-hydrogen) atoms. The van der Waals surface area contributed by atoms with Gasteiger partial charge in [-0.1, -0.05) is 0 Å². The van der Waals surface area contributed by atoms with E-state index in [-0.39, 0.29) is 5.41 Å². The van der Waals surface area contributed by atoms with Crippen LogP contribution >= 0.6 is 0 Å². The summed E-state index contributed by atoms with van der Waals surface area (Å²) in [6, 6.07) is 0.371. The first-order chi connectivity index (χ1) is 8.15. The van der Waals surface area contributed by atoms with Gasteiger partial charge in [0.05, 0.1) is 0 Å². The Morgan fingerprint density at radius 1 is 0.882 bits per heavy atom. The van der Waals surface area contributed by atoms with E-state index in [9.17, 15) is 5.11 Å². The molecule has 0 saturated heterocycles. The summed E-state index contributed by atoms with van der Waals surface area (Å²) in [4.78, 5) is 0. The van der Waals surface area contributed by atoms with Gasteiger partial charge < -0.3 is 10.8 Å². The molecule has 0 aromatic rings. The molecule has 5 aliphatic rings. The molecule has 0 spiro atoms. The lowest BCUT2D eigenvalue weighted by Crippen LogP contribution is -2.63. The molecule has 5 aliphatic carbocycles. The number of hydrogen-bond donors (Lipinski definition) is 2. The van der Waals surface area contributed by atoms with E-state index in [1.54, 1.807) is 0 Å². The molecule has 0 amide bonds. The van der Waals surface area contributed by atoms with E-state index in [4.69, 9.17) is 5.73 Å². The normalized spacial score (nSPS) is 60.4. The molecule has 5 fully saturated rings. The standard InChI is InChI=1S/C15H25NO/c16-13-7-15(8-13,9-17)14-4-10-1-11(5-14)3-12(2-10)6-14/h10-13,17H,1-9,16H2. The summed E-state index contributed by atoms with van der Waals surface area (Å²) in [5, 5.41) is 9.96. The van der Waals surface area contributed by atoms with E-state index in [0.717, 1.165) is 30.6 Å². The van der Waals surface area contributed by atoms with Crippen molar-refractivity contribution < 1.29 is 5.11 Å². The highest BCUT2D eigenvalue weighted by molar-refractivity contribution is 5.14. The summed E-state index contributed by atoms with van der Waals surface area (Å²) in [6.07, 6.45) is 10.9. The largest absolute Gasteiger partial charge is 0.396 e. The van der Waals surface area contributed by atoms with Crippen molar-refractivity contribution in [2.75, 3.05) is 6.61 Å². The molecule has 4 bridgehead atoms. The first kappa shape index (κ1) is 10.8. The van der Waals surface area contributed by atoms with E-state index in [1.807, 2.05) is 0 Å². The number of hydrogen-bond acceptors (Lipinski definition) is 2. The Morgan fingerprint density at radius 2 is 1.35 bits per heavy atom. The predicted molar refractivity (Wildman–Crippen MR) is 67.3 cm³/mol. The van der Waals surface area contributed by atoms with Crippen LogP contribution < -0.4 is 5.73 Å². The third-order valence-electron chi connectivity index (χ3n) is 6.77. The van der Waals surface area contributed by atoms with Gasteiger partial charge in [0, 0.05) is 18.1 Å². The molecule has 0 aromatic heterocycles. The molecule has 0 heterocycles. The van der Waals surface area contributed by atoms with Gasteiger partial charge in [0.2, 0.25) is 0 Å². The Hall–Kier alpha value is -0.0800. The molecule has 96 valence electrons. The summed E-state index contributed by atoms with van der Waals surface area (Å²) in [5.41, 5.74) is 6.75. The Morgan fingerprint density at radius 3 is 1.71 bits per heavy atom. The van der Waals surface area contributed by atoms with Crippen molar-refractivity contribution in [3.05, 3.63) is 0 Å². The van der Waals surface area contributed by atoms with Crippen LogP contribution in [0.15, 0.2) is 0 Å². The third kappa shape index (κ3) is 1.29. The highest BCUT2D eigenvalue weighted by Crippen LogP contribution is 2.70. The summed E-state index contributed by atoms with van der Waals surface area (Å²) >= 11 is 0. The second-order valence-corrected chi connectivity index (χ2v) is 7.80. The van der Waals surface area contributed by atoms with Crippen LogP contribution in [0.1, 0.15) is 51.4 Å². The lowest BCUT2D eigenvalue weighted by Gasteiger charge is -2.67. The first-order valence-corrected chi connectivity index (χ1v) is 7.51. The molecule has 2 nitrogen and oxygen atoms in total. The van der Waals surface area contributed by atoms with Crippen LogP contribution in [-0.4, -0.2) is 17.8 Å². The molecule has 3 N–H and O–H groups in total. The van der Waals surface area contributed by atoms with E-state index in [2.05, 4.69) is 0 Å². The molecule has 0 atom stereocenters. The van der Waals surface area contributed by atoms with Crippen molar-refractivity contribution in [1.29, 1.82) is 0 Å². The van der Waals surface area contributed by atoms with Crippen molar-refractivity contribution in [2.24, 2.45) is 34.3 Å². The van der Waals surface area contributed by atoms with Gasteiger partial charge in [-0.25, -0.2) is 0 Å². The van der Waals surface area contributed by atoms with Gasteiger partial charge in [0.15, 0.2) is 0 Å². The summed E-state index contributed by atoms with van der Waals surface area (Å²) in [7, 11) is 0. The van der Waals surface area contributed by atoms with Crippen LogP contribution in [0.5, 0.6) is 0 Å². The maximum atomic E-state index is 9.96. The minimum absolute atomic E-state index is 0.225. The zero-order valence-electron chi connectivity index (χ0n) is 10.7. The molecule has 0 aromatic carbocycles. The third-order valence-corrected chi connectivity index (χ3v) is 6.77. The smallest absolute Gasteiger partial charge is 0.0493 e. The Kier molecular flexibility index (Phi) is 2.08. The maximum Gasteiger partial charge on any atom is 0.0493 e. The topological polar surface area (TPSA) is 46.2 Å². The van der Waals surface area contributed by atoms with Crippen molar-refractivity contribution >= 4 is 0 Å². The fourth-order valence-electron chi connectivity index (χ4n) is 6.43. The minimum atomic E-state index is 0.225. The molecule has 5 rings (SSSR count). The summed E-state index contributed by atoms with van der Waals surface area (Å²) in [5.74, 6) is 2.96. The fourth-order valence-corrected chi connectivity index (χ4v) is 6.43. The number of aliphatic hydroxyl groups excluding tert-OH is 1. The highest BCUT2D eigenvalue weighted by Gasteiger charge is 2.63. The molecular weight excluding hydrogens is 210 g/mol. The zero-order chi connectivity index (χ0) is 11.7. The second kappa shape index (κ2) is 3.27. The molecule has 5 saturated carbocycles. The van der Waals surface area contributed by atoms with Crippen LogP contribution in [0.3, 0.4) is 0 Å². The van der Waals surface area contributed by atoms with Crippen LogP contribution in [0.4, 0.5) is 0 Å².